The van der Waals surface area contributed by atoms with Gasteiger partial charge in [0.2, 0.25) is 10.0 Å². The number of nitrogens with zero attached hydrogens (tertiary/aromatic N) is 2. The Labute approximate surface area is 175 Å². The Balaban J connectivity index is 1.48. The second kappa shape index (κ2) is 8.37. The standard InChI is InChI=1S/C24H34N2O2S/c1-18(2)21-5-4-20-6-7-24(17-22(20)16-21)29(27,28)26-14-10-23(11-15-26)25-12-8-19(3)9-13-25/h4-7,16-19,23H,8-15H2,1-3H3. The molecule has 4 rings (SSSR count). The average Bonchev–Trinajstić information content (AvgIpc) is 2.73. The van der Waals surface area contributed by atoms with Crippen LogP contribution in [0.25, 0.3) is 10.8 Å². The fraction of sp³-hybridized carbons (Fsp3) is 0.583. The van der Waals surface area contributed by atoms with Crippen molar-refractivity contribution in [3.8, 4) is 0 Å². The highest BCUT2D eigenvalue weighted by molar-refractivity contribution is 7.89. The molecule has 0 radical (unpaired) electrons. The first-order valence-electron chi connectivity index (χ1n) is 11.1. The van der Waals surface area contributed by atoms with Gasteiger partial charge in [0.1, 0.15) is 0 Å². The third-order valence-electron chi connectivity index (χ3n) is 6.90. The Kier molecular flexibility index (Phi) is 6.01. The highest BCUT2D eigenvalue weighted by Crippen LogP contribution is 2.29. The highest BCUT2D eigenvalue weighted by Gasteiger charge is 2.32. The van der Waals surface area contributed by atoms with Gasteiger partial charge in [0.15, 0.2) is 0 Å². The molecule has 5 heteroatoms. The van der Waals surface area contributed by atoms with E-state index in [4.69, 9.17) is 0 Å². The summed E-state index contributed by atoms with van der Waals surface area (Å²) in [7, 11) is -3.43. The van der Waals surface area contributed by atoms with Gasteiger partial charge in [-0.3, -0.25) is 0 Å². The molecular formula is C24H34N2O2S. The van der Waals surface area contributed by atoms with Crippen LogP contribution in [0.4, 0.5) is 0 Å². The van der Waals surface area contributed by atoms with Crippen LogP contribution in [0.2, 0.25) is 0 Å². The Hall–Kier alpha value is -1.43. The molecule has 2 aliphatic rings. The quantitative estimate of drug-likeness (QED) is 0.718. The van der Waals surface area contributed by atoms with Gasteiger partial charge < -0.3 is 4.90 Å². The molecule has 2 fully saturated rings. The van der Waals surface area contributed by atoms with E-state index in [1.165, 1.54) is 31.5 Å². The maximum absolute atomic E-state index is 13.3. The maximum Gasteiger partial charge on any atom is 0.243 e. The van der Waals surface area contributed by atoms with E-state index in [1.54, 1.807) is 10.4 Å². The molecule has 0 bridgehead atoms. The minimum absolute atomic E-state index is 0.427. The zero-order valence-electron chi connectivity index (χ0n) is 18.0. The minimum Gasteiger partial charge on any atom is -0.300 e. The van der Waals surface area contributed by atoms with E-state index in [0.717, 1.165) is 29.5 Å². The second-order valence-electron chi connectivity index (χ2n) is 9.28. The molecule has 0 unspecified atom stereocenters. The summed E-state index contributed by atoms with van der Waals surface area (Å²) in [5.74, 6) is 1.26. The summed E-state index contributed by atoms with van der Waals surface area (Å²) in [6, 6.07) is 12.5. The highest BCUT2D eigenvalue weighted by atomic mass is 32.2. The zero-order valence-corrected chi connectivity index (χ0v) is 18.8. The van der Waals surface area contributed by atoms with Crippen molar-refractivity contribution in [3.05, 3.63) is 42.0 Å². The molecule has 0 spiro atoms. The predicted molar refractivity (Wildman–Crippen MR) is 120 cm³/mol. The molecule has 2 aromatic rings. The molecule has 4 nitrogen and oxygen atoms in total. The Morgan fingerprint density at radius 1 is 0.862 bits per heavy atom. The van der Waals surface area contributed by atoms with Gasteiger partial charge in [-0.05, 0) is 79.1 Å². The molecule has 2 saturated heterocycles. The van der Waals surface area contributed by atoms with Crippen LogP contribution in [0.1, 0.15) is 57.9 Å². The summed E-state index contributed by atoms with van der Waals surface area (Å²) in [6.45, 7) is 10.2. The number of likely N-dealkylation sites (tertiary alicyclic amines) is 1. The van der Waals surface area contributed by atoms with Crippen LogP contribution < -0.4 is 0 Å². The SMILES string of the molecule is CC1CCN(C2CCN(S(=O)(=O)c3ccc4ccc(C(C)C)cc4c3)CC2)CC1. The lowest BCUT2D eigenvalue weighted by molar-refractivity contribution is 0.101. The number of hydrogen-bond donors (Lipinski definition) is 0. The van der Waals surface area contributed by atoms with Crippen LogP contribution in [0, 0.1) is 5.92 Å². The summed E-state index contributed by atoms with van der Waals surface area (Å²) >= 11 is 0. The number of benzene rings is 2. The van der Waals surface area contributed by atoms with Crippen molar-refractivity contribution in [2.24, 2.45) is 5.92 Å². The molecule has 0 amide bonds. The van der Waals surface area contributed by atoms with Gasteiger partial charge in [-0.25, -0.2) is 8.42 Å². The van der Waals surface area contributed by atoms with Crippen molar-refractivity contribution >= 4 is 20.8 Å². The monoisotopic (exact) mass is 414 g/mol. The van der Waals surface area contributed by atoms with Crippen LogP contribution in [-0.2, 0) is 10.0 Å². The lowest BCUT2D eigenvalue weighted by Crippen LogP contribution is -2.48. The zero-order chi connectivity index (χ0) is 20.6. The van der Waals surface area contributed by atoms with E-state index in [0.29, 0.717) is 29.9 Å². The third-order valence-corrected chi connectivity index (χ3v) is 8.79. The van der Waals surface area contributed by atoms with Gasteiger partial charge in [0.25, 0.3) is 0 Å². The van der Waals surface area contributed by atoms with Crippen LogP contribution >= 0.6 is 0 Å². The smallest absolute Gasteiger partial charge is 0.243 e. The molecule has 0 atom stereocenters. The van der Waals surface area contributed by atoms with Crippen molar-refractivity contribution in [1.29, 1.82) is 0 Å². The lowest BCUT2D eigenvalue weighted by atomic mass is 9.95. The summed E-state index contributed by atoms with van der Waals surface area (Å²) in [5.41, 5.74) is 1.24. The summed E-state index contributed by atoms with van der Waals surface area (Å²) in [5, 5.41) is 2.10. The molecule has 0 aromatic heterocycles. The van der Waals surface area contributed by atoms with E-state index in [2.05, 4.69) is 43.9 Å². The molecule has 0 saturated carbocycles. The van der Waals surface area contributed by atoms with Crippen molar-refractivity contribution in [2.75, 3.05) is 26.2 Å². The van der Waals surface area contributed by atoms with Crippen molar-refractivity contribution in [2.45, 2.75) is 63.3 Å². The van der Waals surface area contributed by atoms with Crippen molar-refractivity contribution in [1.82, 2.24) is 9.21 Å². The van der Waals surface area contributed by atoms with E-state index < -0.39 is 10.0 Å². The number of hydrogen-bond acceptors (Lipinski definition) is 3. The third kappa shape index (κ3) is 4.37. The van der Waals surface area contributed by atoms with Gasteiger partial charge in [0.05, 0.1) is 4.90 Å². The summed E-state index contributed by atoms with van der Waals surface area (Å²) < 4.78 is 28.3. The second-order valence-corrected chi connectivity index (χ2v) is 11.2. The Morgan fingerprint density at radius 3 is 2.17 bits per heavy atom. The first kappa shape index (κ1) is 20.8. The van der Waals surface area contributed by atoms with Gasteiger partial charge in [-0.2, -0.15) is 4.31 Å². The number of fused-ring (bicyclic) bond motifs is 1. The summed E-state index contributed by atoms with van der Waals surface area (Å²) in [6.07, 6.45) is 4.43. The number of piperidine rings is 2. The van der Waals surface area contributed by atoms with Crippen LogP contribution in [-0.4, -0.2) is 49.8 Å². The normalized spacial score (nSPS) is 21.2. The van der Waals surface area contributed by atoms with Gasteiger partial charge in [-0.1, -0.05) is 45.0 Å². The molecule has 2 aliphatic heterocycles. The Morgan fingerprint density at radius 2 is 1.52 bits per heavy atom. The summed E-state index contributed by atoms with van der Waals surface area (Å²) in [4.78, 5) is 3.02. The van der Waals surface area contributed by atoms with E-state index in [9.17, 15) is 8.42 Å². The predicted octanol–water partition coefficient (Wildman–Crippen LogP) is 4.85. The fourth-order valence-corrected chi connectivity index (χ4v) is 6.26. The molecular weight excluding hydrogens is 380 g/mol. The van der Waals surface area contributed by atoms with E-state index >= 15 is 0 Å². The fourth-order valence-electron chi connectivity index (χ4n) is 4.75. The number of rotatable bonds is 4. The minimum atomic E-state index is -3.43. The molecule has 29 heavy (non-hydrogen) atoms. The van der Waals surface area contributed by atoms with Gasteiger partial charge in [-0.15, -0.1) is 0 Å². The largest absolute Gasteiger partial charge is 0.300 e. The molecule has 0 N–H and O–H groups in total. The molecule has 0 aliphatic carbocycles. The lowest BCUT2D eigenvalue weighted by Gasteiger charge is -2.41. The van der Waals surface area contributed by atoms with Crippen LogP contribution in [0.15, 0.2) is 41.3 Å². The van der Waals surface area contributed by atoms with Crippen LogP contribution in [0.3, 0.4) is 0 Å². The first-order chi connectivity index (χ1) is 13.8. The Bertz CT molecular complexity index is 954. The number of sulfonamides is 1. The molecule has 2 heterocycles. The molecule has 158 valence electrons. The van der Waals surface area contributed by atoms with Gasteiger partial charge in [0, 0.05) is 19.1 Å². The van der Waals surface area contributed by atoms with Crippen molar-refractivity contribution in [3.63, 3.8) is 0 Å². The topological polar surface area (TPSA) is 40.6 Å². The maximum atomic E-state index is 13.3. The van der Waals surface area contributed by atoms with Crippen LogP contribution in [0.5, 0.6) is 0 Å². The van der Waals surface area contributed by atoms with Gasteiger partial charge >= 0.3 is 0 Å². The average molecular weight is 415 g/mol. The van der Waals surface area contributed by atoms with E-state index in [-0.39, 0.29) is 0 Å². The first-order valence-corrected chi connectivity index (χ1v) is 12.6. The van der Waals surface area contributed by atoms with E-state index in [1.807, 2.05) is 12.1 Å². The van der Waals surface area contributed by atoms with Crippen molar-refractivity contribution < 1.29 is 8.42 Å². The molecule has 2 aromatic carbocycles.